The van der Waals surface area contributed by atoms with Crippen LogP contribution >= 0.6 is 11.3 Å². The normalized spacial score (nSPS) is 25.8. The Morgan fingerprint density at radius 1 is 1.28 bits per heavy atom. The van der Waals surface area contributed by atoms with Gasteiger partial charge >= 0.3 is 0 Å². The van der Waals surface area contributed by atoms with Crippen LogP contribution in [0.5, 0.6) is 0 Å². The number of thiophene rings is 1. The summed E-state index contributed by atoms with van der Waals surface area (Å²) in [5.74, 6) is 1.54. The third-order valence-electron chi connectivity index (χ3n) is 6.15. The Bertz CT molecular complexity index is 758. The van der Waals surface area contributed by atoms with Gasteiger partial charge in [-0.2, -0.15) is 0 Å². The average molecular weight is 442 g/mol. The first-order valence-electron chi connectivity index (χ1n) is 10.6. The van der Waals surface area contributed by atoms with E-state index in [0.29, 0.717) is 25.0 Å². The van der Waals surface area contributed by atoms with E-state index >= 15 is 0 Å². The van der Waals surface area contributed by atoms with E-state index in [0.717, 1.165) is 31.9 Å². The van der Waals surface area contributed by atoms with Crippen molar-refractivity contribution in [1.82, 2.24) is 19.8 Å². The number of likely N-dealkylation sites (tertiary alicyclic amines) is 1. The molecule has 29 heavy (non-hydrogen) atoms. The van der Waals surface area contributed by atoms with Gasteiger partial charge in [0.15, 0.2) is 5.96 Å². The molecule has 2 fully saturated rings. The van der Waals surface area contributed by atoms with E-state index in [9.17, 15) is 8.42 Å². The minimum atomic E-state index is -3.08. The maximum atomic E-state index is 12.0. The largest absolute Gasteiger partial charge is 0.356 e. The number of hydrogen-bond donors (Lipinski definition) is 2. The second-order valence-electron chi connectivity index (χ2n) is 8.01. The number of guanidine groups is 1. The lowest BCUT2D eigenvalue weighted by Crippen LogP contribution is -2.51. The molecule has 1 aromatic rings. The van der Waals surface area contributed by atoms with Gasteiger partial charge in [0.25, 0.3) is 0 Å². The summed E-state index contributed by atoms with van der Waals surface area (Å²) in [4.78, 5) is 8.32. The number of sulfonamides is 1. The molecule has 2 aliphatic rings. The van der Waals surface area contributed by atoms with Gasteiger partial charge in [-0.05, 0) is 63.6 Å². The van der Waals surface area contributed by atoms with Gasteiger partial charge in [0, 0.05) is 43.6 Å². The number of aliphatic imine (C=N–C) groups is 1. The van der Waals surface area contributed by atoms with E-state index in [4.69, 9.17) is 0 Å². The second-order valence-corrected chi connectivity index (χ2v) is 11.3. The average Bonchev–Trinajstić information content (AvgIpc) is 3.25. The standard InChI is InChI=1S/C20H35N5O2S2/c1-4-29(26,27)25-12-9-17(10-13-25)23-20(21-2)22-15-16-7-5-11-24(3)19(16)18-8-6-14-28-18/h6,8,14,16-17,19H,4-5,7,9-13,15H2,1-3H3,(H2,21,22,23). The van der Waals surface area contributed by atoms with E-state index in [1.807, 2.05) is 11.3 Å². The van der Waals surface area contributed by atoms with Crippen molar-refractivity contribution < 1.29 is 8.42 Å². The molecule has 2 N–H and O–H groups in total. The van der Waals surface area contributed by atoms with E-state index in [2.05, 4.69) is 45.1 Å². The van der Waals surface area contributed by atoms with Crippen molar-refractivity contribution in [2.75, 3.05) is 46.0 Å². The molecule has 3 heterocycles. The van der Waals surface area contributed by atoms with Crippen molar-refractivity contribution >= 4 is 27.3 Å². The molecular formula is C20H35N5O2S2. The molecular weight excluding hydrogens is 406 g/mol. The van der Waals surface area contributed by atoms with Gasteiger partial charge in [0.2, 0.25) is 10.0 Å². The Hall–Kier alpha value is -1.16. The molecule has 2 atom stereocenters. The molecule has 2 unspecified atom stereocenters. The Kier molecular flexibility index (Phi) is 7.95. The Labute approximate surface area is 179 Å². The molecule has 9 heteroatoms. The molecule has 0 saturated carbocycles. The van der Waals surface area contributed by atoms with Crippen molar-refractivity contribution in [1.29, 1.82) is 0 Å². The fourth-order valence-electron chi connectivity index (χ4n) is 4.46. The van der Waals surface area contributed by atoms with Crippen LogP contribution in [-0.2, 0) is 10.0 Å². The third-order valence-corrected chi connectivity index (χ3v) is 8.97. The third kappa shape index (κ3) is 5.71. The fraction of sp³-hybridized carbons (Fsp3) is 0.750. The number of hydrogen-bond acceptors (Lipinski definition) is 5. The minimum Gasteiger partial charge on any atom is -0.356 e. The Morgan fingerprint density at radius 3 is 2.66 bits per heavy atom. The number of rotatable bonds is 6. The topological polar surface area (TPSA) is 77.0 Å². The lowest BCUT2D eigenvalue weighted by Gasteiger charge is -2.39. The maximum absolute atomic E-state index is 12.0. The molecule has 0 radical (unpaired) electrons. The van der Waals surface area contributed by atoms with Gasteiger partial charge in [0.1, 0.15) is 0 Å². The molecule has 2 saturated heterocycles. The predicted octanol–water partition coefficient (Wildman–Crippen LogP) is 2.11. The molecule has 1 aromatic heterocycles. The van der Waals surface area contributed by atoms with Crippen LogP contribution in [-0.4, -0.2) is 75.7 Å². The number of nitrogens with one attached hydrogen (secondary N) is 2. The zero-order chi connectivity index (χ0) is 20.9. The summed E-state index contributed by atoms with van der Waals surface area (Å²) in [6.45, 7) is 4.90. The summed E-state index contributed by atoms with van der Waals surface area (Å²) in [5.41, 5.74) is 0. The molecule has 3 rings (SSSR count). The van der Waals surface area contributed by atoms with Gasteiger partial charge in [0.05, 0.1) is 5.75 Å². The van der Waals surface area contributed by atoms with Crippen LogP contribution in [0.3, 0.4) is 0 Å². The van der Waals surface area contributed by atoms with Crippen molar-refractivity contribution in [3.63, 3.8) is 0 Å². The quantitative estimate of drug-likeness (QED) is 0.522. The van der Waals surface area contributed by atoms with Crippen LogP contribution in [0.4, 0.5) is 0 Å². The lowest BCUT2D eigenvalue weighted by molar-refractivity contribution is 0.125. The van der Waals surface area contributed by atoms with Crippen LogP contribution in [0.15, 0.2) is 22.5 Å². The van der Waals surface area contributed by atoms with Gasteiger partial charge < -0.3 is 10.6 Å². The maximum Gasteiger partial charge on any atom is 0.213 e. The first kappa shape index (κ1) is 22.5. The molecule has 0 spiro atoms. The van der Waals surface area contributed by atoms with Gasteiger partial charge in [-0.1, -0.05) is 6.07 Å². The smallest absolute Gasteiger partial charge is 0.213 e. The summed E-state index contributed by atoms with van der Waals surface area (Å²) in [6, 6.07) is 5.09. The Balaban J connectivity index is 1.52. The molecule has 0 bridgehead atoms. The predicted molar refractivity (Wildman–Crippen MR) is 121 cm³/mol. The van der Waals surface area contributed by atoms with Crippen LogP contribution in [0.2, 0.25) is 0 Å². The van der Waals surface area contributed by atoms with E-state index in [-0.39, 0.29) is 11.8 Å². The Morgan fingerprint density at radius 2 is 2.03 bits per heavy atom. The summed E-state index contributed by atoms with van der Waals surface area (Å²) in [6.07, 6.45) is 4.05. The first-order valence-corrected chi connectivity index (χ1v) is 13.1. The van der Waals surface area contributed by atoms with Crippen LogP contribution in [0.1, 0.15) is 43.5 Å². The zero-order valence-corrected chi connectivity index (χ0v) is 19.4. The molecule has 0 aromatic carbocycles. The molecule has 7 nitrogen and oxygen atoms in total. The summed E-state index contributed by atoms with van der Waals surface area (Å²) in [7, 11) is 0.945. The van der Waals surface area contributed by atoms with Gasteiger partial charge in [-0.25, -0.2) is 12.7 Å². The van der Waals surface area contributed by atoms with Crippen molar-refractivity contribution in [2.45, 2.75) is 44.7 Å². The zero-order valence-electron chi connectivity index (χ0n) is 17.8. The van der Waals surface area contributed by atoms with Crippen LogP contribution < -0.4 is 10.6 Å². The fourth-order valence-corrected chi connectivity index (χ4v) is 6.57. The minimum absolute atomic E-state index is 0.176. The van der Waals surface area contributed by atoms with Crippen molar-refractivity contribution in [3.05, 3.63) is 22.4 Å². The lowest BCUT2D eigenvalue weighted by atomic mass is 9.88. The monoisotopic (exact) mass is 441 g/mol. The van der Waals surface area contributed by atoms with Crippen LogP contribution in [0.25, 0.3) is 0 Å². The molecule has 0 aliphatic carbocycles. The van der Waals surface area contributed by atoms with Crippen molar-refractivity contribution in [3.8, 4) is 0 Å². The summed E-state index contributed by atoms with van der Waals surface area (Å²) >= 11 is 1.84. The number of nitrogens with zero attached hydrogens (tertiary/aromatic N) is 3. The van der Waals surface area contributed by atoms with Gasteiger partial charge in [-0.15, -0.1) is 11.3 Å². The van der Waals surface area contributed by atoms with Crippen molar-refractivity contribution in [2.24, 2.45) is 10.9 Å². The van der Waals surface area contributed by atoms with E-state index < -0.39 is 10.0 Å². The molecule has 2 aliphatic heterocycles. The second kappa shape index (κ2) is 10.2. The number of piperidine rings is 2. The van der Waals surface area contributed by atoms with Crippen LogP contribution in [0, 0.1) is 5.92 Å². The molecule has 164 valence electrons. The van der Waals surface area contributed by atoms with E-state index in [1.54, 1.807) is 18.3 Å². The highest BCUT2D eigenvalue weighted by Crippen LogP contribution is 2.36. The SMILES string of the molecule is CCS(=O)(=O)N1CCC(NC(=NC)NCC2CCCN(C)C2c2cccs2)CC1. The summed E-state index contributed by atoms with van der Waals surface area (Å²) in [5, 5.41) is 9.20. The summed E-state index contributed by atoms with van der Waals surface area (Å²) < 4.78 is 25.7. The van der Waals surface area contributed by atoms with Gasteiger partial charge in [-0.3, -0.25) is 9.89 Å². The highest BCUT2D eigenvalue weighted by atomic mass is 32.2. The highest BCUT2D eigenvalue weighted by molar-refractivity contribution is 7.89. The molecule has 0 amide bonds. The highest BCUT2D eigenvalue weighted by Gasteiger charge is 2.31. The first-order chi connectivity index (χ1) is 13.9. The van der Waals surface area contributed by atoms with E-state index in [1.165, 1.54) is 17.7 Å².